The number of rotatable bonds is 4. The molecule has 0 aromatic heterocycles. The van der Waals surface area contributed by atoms with Crippen molar-refractivity contribution >= 4 is 28.9 Å². The van der Waals surface area contributed by atoms with E-state index < -0.39 is 10.8 Å². The third-order valence-electron chi connectivity index (χ3n) is 4.71. The molecule has 1 aliphatic rings. The standard InChI is InChI=1S/C19H19N3O4/c1-12-4-3-5-17(13(12)2)21-11-14(10-18(21)23)19(24)20-15-6-8-16(9-7-15)22(25)26/h3-9,14H,10-11H2,1-2H3,(H,20,24)/t14-/m0/s1. The topological polar surface area (TPSA) is 92.6 Å². The van der Waals surface area contributed by atoms with Gasteiger partial charge in [-0.1, -0.05) is 12.1 Å². The summed E-state index contributed by atoms with van der Waals surface area (Å²) in [6.07, 6.45) is 0.145. The SMILES string of the molecule is Cc1cccc(N2C[C@@H](C(=O)Nc3ccc([N+](=O)[O-])cc3)CC2=O)c1C. The maximum absolute atomic E-state index is 12.5. The fourth-order valence-electron chi connectivity index (χ4n) is 3.05. The normalized spacial score (nSPS) is 16.6. The summed E-state index contributed by atoms with van der Waals surface area (Å²) < 4.78 is 0. The molecular weight excluding hydrogens is 334 g/mol. The van der Waals surface area contributed by atoms with Crippen LogP contribution in [0.5, 0.6) is 0 Å². The molecule has 1 atom stereocenters. The third-order valence-corrected chi connectivity index (χ3v) is 4.71. The van der Waals surface area contributed by atoms with Gasteiger partial charge in [0, 0.05) is 36.5 Å². The highest BCUT2D eigenvalue weighted by atomic mass is 16.6. The zero-order valence-corrected chi connectivity index (χ0v) is 14.6. The number of hydrogen-bond acceptors (Lipinski definition) is 4. The lowest BCUT2D eigenvalue weighted by molar-refractivity contribution is -0.384. The van der Waals surface area contributed by atoms with Crippen LogP contribution in [0.3, 0.4) is 0 Å². The highest BCUT2D eigenvalue weighted by Gasteiger charge is 2.35. The molecule has 2 aromatic rings. The molecule has 0 saturated carbocycles. The summed E-state index contributed by atoms with van der Waals surface area (Å²) in [7, 11) is 0. The van der Waals surface area contributed by atoms with Gasteiger partial charge >= 0.3 is 0 Å². The van der Waals surface area contributed by atoms with Crippen molar-refractivity contribution in [2.75, 3.05) is 16.8 Å². The van der Waals surface area contributed by atoms with Crippen molar-refractivity contribution in [2.24, 2.45) is 5.92 Å². The molecule has 7 nitrogen and oxygen atoms in total. The van der Waals surface area contributed by atoms with E-state index in [2.05, 4.69) is 5.32 Å². The Labute approximate surface area is 150 Å². The molecule has 3 rings (SSSR count). The van der Waals surface area contributed by atoms with Crippen LogP contribution in [0.1, 0.15) is 17.5 Å². The molecule has 0 unspecified atom stereocenters. The van der Waals surface area contributed by atoms with Gasteiger partial charge in [0.1, 0.15) is 0 Å². The first-order valence-corrected chi connectivity index (χ1v) is 8.28. The summed E-state index contributed by atoms with van der Waals surface area (Å²) in [5.41, 5.74) is 3.38. The first kappa shape index (κ1) is 17.6. The van der Waals surface area contributed by atoms with Crippen LogP contribution in [0.4, 0.5) is 17.1 Å². The zero-order valence-electron chi connectivity index (χ0n) is 14.6. The fraction of sp³-hybridized carbons (Fsp3) is 0.263. The highest BCUT2D eigenvalue weighted by Crippen LogP contribution is 2.30. The quantitative estimate of drug-likeness (QED) is 0.675. The number of anilines is 2. The van der Waals surface area contributed by atoms with Crippen LogP contribution in [-0.4, -0.2) is 23.3 Å². The Morgan fingerprint density at radius 2 is 1.88 bits per heavy atom. The molecule has 2 aromatic carbocycles. The average molecular weight is 353 g/mol. The number of hydrogen-bond donors (Lipinski definition) is 1. The van der Waals surface area contributed by atoms with E-state index in [1.807, 2.05) is 32.0 Å². The molecule has 0 bridgehead atoms. The Morgan fingerprint density at radius 3 is 2.54 bits per heavy atom. The number of non-ortho nitro benzene ring substituents is 1. The van der Waals surface area contributed by atoms with Crippen molar-refractivity contribution in [3.8, 4) is 0 Å². The van der Waals surface area contributed by atoms with Crippen molar-refractivity contribution in [1.29, 1.82) is 0 Å². The molecule has 0 aliphatic carbocycles. The Hall–Kier alpha value is -3.22. The molecule has 1 heterocycles. The zero-order chi connectivity index (χ0) is 18.8. The van der Waals surface area contributed by atoms with Crippen LogP contribution < -0.4 is 10.2 Å². The fourth-order valence-corrected chi connectivity index (χ4v) is 3.05. The molecule has 26 heavy (non-hydrogen) atoms. The lowest BCUT2D eigenvalue weighted by Crippen LogP contribution is -2.28. The van der Waals surface area contributed by atoms with Gasteiger partial charge in [0.25, 0.3) is 5.69 Å². The molecule has 1 saturated heterocycles. The number of nitro benzene ring substituents is 1. The number of nitrogens with zero attached hydrogens (tertiary/aromatic N) is 2. The summed E-state index contributed by atoms with van der Waals surface area (Å²) in [6, 6.07) is 11.4. The highest BCUT2D eigenvalue weighted by molar-refractivity contribution is 6.03. The van der Waals surface area contributed by atoms with Crippen LogP contribution >= 0.6 is 0 Å². The predicted molar refractivity (Wildman–Crippen MR) is 98.1 cm³/mol. The second-order valence-electron chi connectivity index (χ2n) is 6.42. The molecule has 1 aliphatic heterocycles. The van der Waals surface area contributed by atoms with Crippen LogP contribution in [0, 0.1) is 29.9 Å². The van der Waals surface area contributed by atoms with Crippen molar-refractivity contribution in [1.82, 2.24) is 0 Å². The first-order valence-electron chi connectivity index (χ1n) is 8.28. The second kappa shape index (κ2) is 6.95. The van der Waals surface area contributed by atoms with Gasteiger partial charge < -0.3 is 10.2 Å². The number of carbonyl (C=O) groups is 2. The number of aryl methyl sites for hydroxylation is 1. The molecular formula is C19H19N3O4. The van der Waals surface area contributed by atoms with E-state index in [-0.39, 0.29) is 23.9 Å². The predicted octanol–water partition coefficient (Wildman–Crippen LogP) is 3.20. The van der Waals surface area contributed by atoms with Gasteiger partial charge in [-0.25, -0.2) is 0 Å². The van der Waals surface area contributed by atoms with Crippen LogP contribution in [-0.2, 0) is 9.59 Å². The maximum Gasteiger partial charge on any atom is 0.269 e. The van der Waals surface area contributed by atoms with Crippen molar-refractivity contribution < 1.29 is 14.5 Å². The lowest BCUT2D eigenvalue weighted by atomic mass is 10.1. The molecule has 0 spiro atoms. The number of amides is 2. The van der Waals surface area contributed by atoms with Crippen molar-refractivity contribution in [3.63, 3.8) is 0 Å². The molecule has 134 valence electrons. The van der Waals surface area contributed by atoms with E-state index in [0.717, 1.165) is 16.8 Å². The van der Waals surface area contributed by atoms with E-state index >= 15 is 0 Å². The second-order valence-corrected chi connectivity index (χ2v) is 6.42. The Balaban J connectivity index is 1.71. The summed E-state index contributed by atoms with van der Waals surface area (Å²) in [5.74, 6) is -0.805. The number of benzene rings is 2. The molecule has 7 heteroatoms. The minimum atomic E-state index is -0.497. The average Bonchev–Trinajstić information content (AvgIpc) is 2.99. The minimum Gasteiger partial charge on any atom is -0.326 e. The van der Waals surface area contributed by atoms with E-state index in [1.54, 1.807) is 4.90 Å². The molecule has 2 amide bonds. The number of nitrogens with one attached hydrogen (secondary N) is 1. The van der Waals surface area contributed by atoms with Gasteiger partial charge in [0.05, 0.1) is 10.8 Å². The van der Waals surface area contributed by atoms with Crippen molar-refractivity contribution in [2.45, 2.75) is 20.3 Å². The van der Waals surface area contributed by atoms with E-state index in [0.29, 0.717) is 12.2 Å². The van der Waals surface area contributed by atoms with Gasteiger partial charge in [0.15, 0.2) is 0 Å². The van der Waals surface area contributed by atoms with E-state index in [9.17, 15) is 19.7 Å². The summed E-state index contributed by atoms with van der Waals surface area (Å²) in [5, 5.41) is 13.4. The van der Waals surface area contributed by atoms with Gasteiger partial charge in [0.2, 0.25) is 11.8 Å². The first-order chi connectivity index (χ1) is 12.4. The van der Waals surface area contributed by atoms with Gasteiger partial charge in [-0.15, -0.1) is 0 Å². The van der Waals surface area contributed by atoms with Crippen molar-refractivity contribution in [3.05, 3.63) is 63.7 Å². The number of carbonyl (C=O) groups excluding carboxylic acids is 2. The number of nitro groups is 1. The smallest absolute Gasteiger partial charge is 0.269 e. The molecule has 1 N–H and O–H groups in total. The maximum atomic E-state index is 12.5. The molecule has 0 radical (unpaired) electrons. The van der Waals surface area contributed by atoms with E-state index in [4.69, 9.17) is 0 Å². The van der Waals surface area contributed by atoms with Crippen LogP contribution in [0.25, 0.3) is 0 Å². The minimum absolute atomic E-state index is 0.0415. The van der Waals surface area contributed by atoms with Gasteiger partial charge in [-0.2, -0.15) is 0 Å². The Kier molecular flexibility index (Phi) is 4.71. The Bertz CT molecular complexity index is 877. The monoisotopic (exact) mass is 353 g/mol. The van der Waals surface area contributed by atoms with Crippen LogP contribution in [0.15, 0.2) is 42.5 Å². The largest absolute Gasteiger partial charge is 0.326 e. The summed E-state index contributed by atoms with van der Waals surface area (Å²) in [6.45, 7) is 4.27. The summed E-state index contributed by atoms with van der Waals surface area (Å²) in [4.78, 5) is 36.7. The third kappa shape index (κ3) is 3.42. The summed E-state index contributed by atoms with van der Waals surface area (Å²) >= 11 is 0. The van der Waals surface area contributed by atoms with Crippen LogP contribution in [0.2, 0.25) is 0 Å². The molecule has 1 fully saturated rings. The lowest BCUT2D eigenvalue weighted by Gasteiger charge is -2.20. The van der Waals surface area contributed by atoms with Gasteiger partial charge in [-0.3, -0.25) is 19.7 Å². The Morgan fingerprint density at radius 1 is 1.19 bits per heavy atom. The van der Waals surface area contributed by atoms with Gasteiger partial charge in [-0.05, 0) is 43.2 Å². The van der Waals surface area contributed by atoms with E-state index in [1.165, 1.54) is 24.3 Å².